The van der Waals surface area contributed by atoms with E-state index >= 15 is 0 Å². The van der Waals surface area contributed by atoms with Crippen molar-refractivity contribution in [3.63, 3.8) is 0 Å². The Morgan fingerprint density at radius 1 is 1.13 bits per heavy atom. The van der Waals surface area contributed by atoms with Crippen LogP contribution in [0, 0.1) is 5.92 Å². The van der Waals surface area contributed by atoms with Gasteiger partial charge in [0, 0.05) is 12.0 Å². The van der Waals surface area contributed by atoms with Crippen molar-refractivity contribution in [1.29, 1.82) is 0 Å². The van der Waals surface area contributed by atoms with Crippen LogP contribution in [-0.2, 0) is 14.0 Å². The van der Waals surface area contributed by atoms with E-state index in [2.05, 4.69) is 20.8 Å². The van der Waals surface area contributed by atoms with Crippen molar-refractivity contribution in [2.45, 2.75) is 70.8 Å². The zero-order valence-electron chi connectivity index (χ0n) is 19.0. The monoisotopic (exact) mass is 445 g/mol. The lowest BCUT2D eigenvalue weighted by atomic mass is 9.78. The van der Waals surface area contributed by atoms with Crippen LogP contribution in [0.2, 0.25) is 18.1 Å². The van der Waals surface area contributed by atoms with Crippen LogP contribution < -0.4 is 5.84 Å². The first-order valence-electron chi connectivity index (χ1n) is 10.5. The van der Waals surface area contributed by atoms with Gasteiger partial charge in [-0.15, -0.1) is 0 Å². The van der Waals surface area contributed by atoms with E-state index in [4.69, 9.17) is 10.3 Å². The van der Waals surface area contributed by atoms with Crippen LogP contribution in [0.1, 0.15) is 61.3 Å². The molecular weight excluding hydrogens is 414 g/mol. The number of imide groups is 2. The SMILES string of the molecule is C[C@@H](O[Si](C)(C)C(C)(C)C)C(=O)N(N)C(=O)[C@H]1C[C@H](N2C(=O)c3ccccc3C2=O)C1. The molecule has 0 unspecified atom stereocenters. The quantitative estimate of drug-likeness (QED) is 0.245. The fourth-order valence-corrected chi connectivity index (χ4v) is 5.05. The van der Waals surface area contributed by atoms with Crippen LogP contribution in [-0.4, -0.2) is 54.0 Å². The molecule has 1 aliphatic heterocycles. The molecule has 0 spiro atoms. The highest BCUT2D eigenvalue weighted by molar-refractivity contribution is 6.74. The molecular formula is C22H31N3O5Si. The zero-order valence-corrected chi connectivity index (χ0v) is 20.0. The molecule has 31 heavy (non-hydrogen) atoms. The number of carbonyl (C=O) groups is 4. The lowest BCUT2D eigenvalue weighted by Crippen LogP contribution is -2.57. The average Bonchev–Trinajstić information content (AvgIpc) is 2.89. The summed E-state index contributed by atoms with van der Waals surface area (Å²) in [6.07, 6.45) is -0.243. The Morgan fingerprint density at radius 2 is 1.61 bits per heavy atom. The molecule has 0 radical (unpaired) electrons. The van der Waals surface area contributed by atoms with E-state index in [1.54, 1.807) is 31.2 Å². The lowest BCUT2D eigenvalue weighted by molar-refractivity contribution is -0.154. The van der Waals surface area contributed by atoms with E-state index < -0.39 is 32.2 Å². The largest absolute Gasteiger partial charge is 0.405 e. The Labute approximate surface area is 183 Å². The molecule has 1 heterocycles. The smallest absolute Gasteiger partial charge is 0.271 e. The van der Waals surface area contributed by atoms with Gasteiger partial charge in [0.15, 0.2) is 8.32 Å². The minimum atomic E-state index is -2.20. The number of carbonyl (C=O) groups excluding carboxylic acids is 4. The third-order valence-electron chi connectivity index (χ3n) is 6.75. The molecule has 8 nitrogen and oxygen atoms in total. The Morgan fingerprint density at radius 3 is 2.06 bits per heavy atom. The molecule has 168 valence electrons. The van der Waals surface area contributed by atoms with E-state index in [1.165, 1.54) is 4.90 Å². The minimum Gasteiger partial charge on any atom is -0.405 e. The van der Waals surface area contributed by atoms with Crippen LogP contribution >= 0.6 is 0 Å². The van der Waals surface area contributed by atoms with Crippen LogP contribution in [0.3, 0.4) is 0 Å². The number of nitrogens with two attached hydrogens (primary N) is 1. The van der Waals surface area contributed by atoms with E-state index in [9.17, 15) is 19.2 Å². The predicted octanol–water partition coefficient (Wildman–Crippen LogP) is 2.70. The highest BCUT2D eigenvalue weighted by Crippen LogP contribution is 2.39. The first kappa shape index (κ1) is 23.3. The molecule has 0 saturated heterocycles. The van der Waals surface area contributed by atoms with Crippen molar-refractivity contribution in [3.8, 4) is 0 Å². The summed E-state index contributed by atoms with van der Waals surface area (Å²) in [4.78, 5) is 51.8. The van der Waals surface area contributed by atoms with Crippen LogP contribution in [0.25, 0.3) is 0 Å². The maximum absolute atomic E-state index is 12.7. The third-order valence-corrected chi connectivity index (χ3v) is 11.3. The summed E-state index contributed by atoms with van der Waals surface area (Å²) in [5.74, 6) is 3.56. The van der Waals surface area contributed by atoms with E-state index in [-0.39, 0.29) is 22.9 Å². The highest BCUT2D eigenvalue weighted by atomic mass is 28.4. The molecule has 1 aromatic carbocycles. The Balaban J connectivity index is 1.59. The summed E-state index contributed by atoms with van der Waals surface area (Å²) in [5.41, 5.74) is 0.768. The first-order valence-corrected chi connectivity index (χ1v) is 13.4. The Hall–Kier alpha value is -2.36. The van der Waals surface area contributed by atoms with Crippen molar-refractivity contribution in [1.82, 2.24) is 9.91 Å². The summed E-state index contributed by atoms with van der Waals surface area (Å²) >= 11 is 0. The third kappa shape index (κ3) is 4.09. The number of hydrogen-bond acceptors (Lipinski definition) is 6. The minimum absolute atomic E-state index is 0.0848. The fraction of sp³-hybridized carbons (Fsp3) is 0.545. The van der Waals surface area contributed by atoms with E-state index in [0.29, 0.717) is 29.0 Å². The summed E-state index contributed by atoms with van der Waals surface area (Å²) in [6.45, 7) is 11.9. The van der Waals surface area contributed by atoms with Crippen molar-refractivity contribution in [2.24, 2.45) is 11.8 Å². The van der Waals surface area contributed by atoms with Crippen LogP contribution in [0.4, 0.5) is 0 Å². The average molecular weight is 446 g/mol. The van der Waals surface area contributed by atoms with Gasteiger partial charge in [-0.25, -0.2) is 10.9 Å². The number of benzene rings is 1. The Kier molecular flexibility index (Phi) is 5.98. The van der Waals surface area contributed by atoms with Crippen LogP contribution in [0.5, 0.6) is 0 Å². The van der Waals surface area contributed by atoms with Gasteiger partial charge >= 0.3 is 0 Å². The van der Waals surface area contributed by atoms with Gasteiger partial charge in [-0.2, -0.15) is 0 Å². The molecule has 1 aromatic rings. The first-order chi connectivity index (χ1) is 14.3. The van der Waals surface area contributed by atoms with Gasteiger partial charge < -0.3 is 4.43 Å². The molecule has 2 N–H and O–H groups in total. The highest BCUT2D eigenvalue weighted by Gasteiger charge is 2.48. The molecule has 9 heteroatoms. The molecule has 0 aromatic heterocycles. The number of hydrogen-bond donors (Lipinski definition) is 1. The van der Waals surface area contributed by atoms with E-state index in [1.807, 2.05) is 13.1 Å². The number of nitrogens with zero attached hydrogens (tertiary/aromatic N) is 2. The van der Waals surface area contributed by atoms with Gasteiger partial charge in [-0.3, -0.25) is 24.1 Å². The van der Waals surface area contributed by atoms with Gasteiger partial charge in [0.25, 0.3) is 17.7 Å². The Bertz CT molecular complexity index is 898. The van der Waals surface area contributed by atoms with Gasteiger partial charge in [-0.1, -0.05) is 32.9 Å². The molecule has 1 atom stereocenters. The van der Waals surface area contributed by atoms with Crippen molar-refractivity contribution in [3.05, 3.63) is 35.4 Å². The molecule has 3 rings (SSSR count). The number of rotatable bonds is 5. The molecule has 1 fully saturated rings. The zero-order chi connectivity index (χ0) is 23.3. The van der Waals surface area contributed by atoms with Gasteiger partial charge in [0.1, 0.15) is 6.10 Å². The lowest BCUT2D eigenvalue weighted by Gasteiger charge is -2.41. The molecule has 4 amide bonds. The van der Waals surface area contributed by atoms with Gasteiger partial charge in [0.05, 0.1) is 11.1 Å². The van der Waals surface area contributed by atoms with Gasteiger partial charge in [-0.05, 0) is 50.0 Å². The normalized spacial score (nSPS) is 22.1. The van der Waals surface area contributed by atoms with Gasteiger partial charge in [0.2, 0.25) is 5.91 Å². The molecule has 1 aliphatic carbocycles. The van der Waals surface area contributed by atoms with Crippen molar-refractivity contribution >= 4 is 31.9 Å². The molecule has 2 aliphatic rings. The number of amides is 4. The summed E-state index contributed by atoms with van der Waals surface area (Å²) in [5, 5.41) is 0.555. The van der Waals surface area contributed by atoms with Crippen LogP contribution in [0.15, 0.2) is 24.3 Å². The second kappa shape index (κ2) is 7.96. The fourth-order valence-electron chi connectivity index (χ4n) is 3.71. The maximum atomic E-state index is 12.7. The van der Waals surface area contributed by atoms with E-state index in [0.717, 1.165) is 0 Å². The maximum Gasteiger partial charge on any atom is 0.271 e. The number of fused-ring (bicyclic) bond motifs is 1. The number of hydrazine groups is 1. The second-order valence-electron chi connectivity index (χ2n) is 9.91. The second-order valence-corrected chi connectivity index (χ2v) is 14.7. The summed E-state index contributed by atoms with van der Waals surface area (Å²) in [7, 11) is -2.20. The van der Waals surface area contributed by atoms with Crippen molar-refractivity contribution < 1.29 is 23.6 Å². The van der Waals surface area contributed by atoms with Crippen molar-refractivity contribution in [2.75, 3.05) is 0 Å². The molecule has 1 saturated carbocycles. The predicted molar refractivity (Wildman–Crippen MR) is 117 cm³/mol. The topological polar surface area (TPSA) is 110 Å². The molecule has 0 bridgehead atoms. The summed E-state index contributed by atoms with van der Waals surface area (Å²) < 4.78 is 6.05. The summed E-state index contributed by atoms with van der Waals surface area (Å²) in [6, 6.07) is 6.31. The standard InChI is InChI=1S/C22H31N3O5Si/c1-13(30-31(5,6)22(2,3)4)18(26)25(23)19(27)14-11-15(12-14)24-20(28)16-9-7-8-10-17(16)21(24)29/h7-10,13-15H,11-12,23H2,1-6H3/t13-,14-,15-/m1/s1.